The van der Waals surface area contributed by atoms with Gasteiger partial charge in [-0.2, -0.15) is 15.0 Å². The molecular weight excluding hydrogens is 697 g/mol. The summed E-state index contributed by atoms with van der Waals surface area (Å²) in [6, 6.07) is 10.8. The Labute approximate surface area is 302 Å². The van der Waals surface area contributed by atoms with Gasteiger partial charge in [0.2, 0.25) is 11.7 Å². The smallest absolute Gasteiger partial charge is 0.319 e. The van der Waals surface area contributed by atoms with Crippen molar-refractivity contribution in [3.8, 4) is 17.3 Å². The molecule has 3 aliphatic heterocycles. The number of halogens is 4. The lowest BCUT2D eigenvalue weighted by Crippen LogP contribution is -2.43. The molecule has 4 atom stereocenters. The third kappa shape index (κ3) is 6.21. The van der Waals surface area contributed by atoms with Crippen molar-refractivity contribution >= 4 is 51.1 Å². The van der Waals surface area contributed by atoms with Crippen LogP contribution in [0.25, 0.3) is 39.0 Å². The van der Waals surface area contributed by atoms with E-state index in [-0.39, 0.29) is 47.5 Å². The van der Waals surface area contributed by atoms with Crippen LogP contribution in [0.2, 0.25) is 5.02 Å². The maximum atomic E-state index is 16.8. The second-order valence-corrected chi connectivity index (χ2v) is 14.2. The highest BCUT2D eigenvalue weighted by molar-refractivity contribution is 6.36. The first-order valence-electron chi connectivity index (χ1n) is 17.3. The van der Waals surface area contributed by atoms with E-state index in [0.717, 1.165) is 24.8 Å². The van der Waals surface area contributed by atoms with E-state index in [4.69, 9.17) is 25.8 Å². The lowest BCUT2D eigenvalue weighted by atomic mass is 9.95. The van der Waals surface area contributed by atoms with E-state index >= 15 is 4.39 Å². The minimum Gasteiger partial charge on any atom is -0.461 e. The van der Waals surface area contributed by atoms with Gasteiger partial charge >= 0.3 is 6.01 Å². The summed E-state index contributed by atoms with van der Waals surface area (Å²) in [7, 11) is 1.83. The Bertz CT molecular complexity index is 2200. The average molecular weight is 733 g/mol. The van der Waals surface area contributed by atoms with Crippen LogP contribution in [-0.2, 0) is 4.79 Å². The zero-order valence-electron chi connectivity index (χ0n) is 28.6. The molecule has 0 spiro atoms. The van der Waals surface area contributed by atoms with Crippen molar-refractivity contribution < 1.29 is 27.2 Å². The number of aromatic nitrogens is 5. The third-order valence-electron chi connectivity index (χ3n) is 10.5. The lowest BCUT2D eigenvalue weighted by Gasteiger charge is -2.31. The van der Waals surface area contributed by atoms with Crippen LogP contribution in [-0.4, -0.2) is 98.4 Å². The quantitative estimate of drug-likeness (QED) is 0.151. The number of anilines is 1. The summed E-state index contributed by atoms with van der Waals surface area (Å²) in [5.74, 6) is -0.616. The summed E-state index contributed by atoms with van der Waals surface area (Å²) in [5.41, 5.74) is 0.164. The molecule has 0 N–H and O–H groups in total. The van der Waals surface area contributed by atoms with E-state index < -0.39 is 23.7 Å². The molecule has 2 aromatic carbocycles. The van der Waals surface area contributed by atoms with Crippen molar-refractivity contribution in [3.63, 3.8) is 0 Å². The Kier molecular flexibility index (Phi) is 8.98. The molecule has 1 amide bonds. The number of benzene rings is 2. The van der Waals surface area contributed by atoms with Gasteiger partial charge in [-0.3, -0.25) is 14.7 Å². The zero-order chi connectivity index (χ0) is 36.1. The molecule has 0 aliphatic carbocycles. The number of pyridine rings is 1. The number of alkyl halides is 2. The van der Waals surface area contributed by atoms with Crippen LogP contribution in [0.15, 0.2) is 53.2 Å². The molecule has 5 aromatic rings. The van der Waals surface area contributed by atoms with Crippen LogP contribution >= 0.6 is 11.6 Å². The van der Waals surface area contributed by atoms with Crippen LogP contribution in [0, 0.1) is 5.82 Å². The van der Waals surface area contributed by atoms with Crippen LogP contribution in [0.3, 0.4) is 0 Å². The number of amides is 1. The third-order valence-corrected chi connectivity index (χ3v) is 10.8. The second-order valence-electron chi connectivity index (χ2n) is 13.8. The van der Waals surface area contributed by atoms with E-state index in [1.54, 1.807) is 23.2 Å². The summed E-state index contributed by atoms with van der Waals surface area (Å²) in [6.45, 7) is 3.42. The molecule has 52 heavy (non-hydrogen) atoms. The molecule has 15 heteroatoms. The predicted molar refractivity (Wildman–Crippen MR) is 190 cm³/mol. The number of ether oxygens (including phenoxy) is 1. The van der Waals surface area contributed by atoms with Crippen molar-refractivity contribution in [1.82, 2.24) is 34.9 Å². The minimum absolute atomic E-state index is 0.0202. The highest BCUT2D eigenvalue weighted by Gasteiger charge is 2.49. The highest BCUT2D eigenvalue weighted by atomic mass is 35.5. The number of carbonyl (C=O) groups excluding carboxylic acids is 1. The minimum atomic E-state index is -1.39. The van der Waals surface area contributed by atoms with E-state index in [1.165, 1.54) is 19.1 Å². The molecule has 3 saturated heterocycles. The van der Waals surface area contributed by atoms with Gasteiger partial charge in [0.05, 0.1) is 10.9 Å². The van der Waals surface area contributed by atoms with Crippen LogP contribution in [0.4, 0.5) is 19.0 Å². The SMILES string of the molecule is C[C@@H](F)c1noc(/C=C/C(=O)N2CC[C@@H](N(C)c3nc(OC[C@@]45CCCN4C[C@H](F)C5)nc4c(F)c(-c5cccc6cccc(Cl)c56)ncc34)C2)n1. The molecule has 0 unspecified atom stereocenters. The molecule has 3 aliphatic rings. The molecule has 6 heterocycles. The van der Waals surface area contributed by atoms with E-state index in [0.29, 0.717) is 59.7 Å². The van der Waals surface area contributed by atoms with Gasteiger partial charge in [0.1, 0.15) is 29.8 Å². The van der Waals surface area contributed by atoms with E-state index in [1.807, 2.05) is 36.2 Å². The van der Waals surface area contributed by atoms with E-state index in [9.17, 15) is 13.6 Å². The standard InChI is InChI=1S/C37H36ClF3N8O3/c1-21(39)34-43-28(52-46-34)10-11-29(50)48-15-12-24(19-48)47(2)35-26-17-42-32(25-8-3-6-22-7-4-9-27(38)30(22)25)31(41)33(26)44-36(45-35)51-20-37-13-5-14-49(37)18-23(40)16-37/h3-4,6-11,17,21,23-24H,5,12-16,18-20H2,1-2H3/b11-10+/t21-,23-,24-,37+/m1/s1. The molecule has 11 nitrogen and oxygen atoms in total. The van der Waals surface area contributed by atoms with Gasteiger partial charge < -0.3 is 19.1 Å². The summed E-state index contributed by atoms with van der Waals surface area (Å²) in [5, 5.41) is 5.92. The highest BCUT2D eigenvalue weighted by Crippen LogP contribution is 2.41. The maximum absolute atomic E-state index is 16.8. The second kappa shape index (κ2) is 13.6. The predicted octanol–water partition coefficient (Wildman–Crippen LogP) is 6.76. The van der Waals surface area contributed by atoms with Crippen molar-refractivity contribution in [2.75, 3.05) is 44.7 Å². The van der Waals surface area contributed by atoms with Crippen molar-refractivity contribution in [1.29, 1.82) is 0 Å². The van der Waals surface area contributed by atoms with E-state index in [2.05, 4.69) is 25.0 Å². The number of hydrogen-bond acceptors (Lipinski definition) is 10. The fraction of sp³-hybridized carbons (Fsp3) is 0.405. The van der Waals surface area contributed by atoms with Crippen molar-refractivity contribution in [3.05, 3.63) is 71.2 Å². The topological polar surface area (TPSA) is 114 Å². The Morgan fingerprint density at radius 3 is 2.83 bits per heavy atom. The first-order valence-corrected chi connectivity index (χ1v) is 17.7. The zero-order valence-corrected chi connectivity index (χ0v) is 29.4. The molecule has 8 rings (SSSR count). The number of fused-ring (bicyclic) bond motifs is 3. The Morgan fingerprint density at radius 1 is 1.19 bits per heavy atom. The summed E-state index contributed by atoms with van der Waals surface area (Å²) < 4.78 is 56.2. The molecule has 3 fully saturated rings. The van der Waals surface area contributed by atoms with Gasteiger partial charge in [0.25, 0.3) is 5.89 Å². The van der Waals surface area contributed by atoms with Crippen LogP contribution < -0.4 is 9.64 Å². The molecule has 0 radical (unpaired) electrons. The molecule has 3 aromatic heterocycles. The van der Waals surface area contributed by atoms with Crippen molar-refractivity contribution in [2.45, 2.75) is 56.5 Å². The Hall–Kier alpha value is -4.82. The number of likely N-dealkylation sites (tertiary alicyclic amines) is 1. The Morgan fingerprint density at radius 2 is 2.02 bits per heavy atom. The lowest BCUT2D eigenvalue weighted by molar-refractivity contribution is -0.124. The fourth-order valence-corrected chi connectivity index (χ4v) is 8.12. The maximum Gasteiger partial charge on any atom is 0.319 e. The van der Waals surface area contributed by atoms with Gasteiger partial charge in [0, 0.05) is 73.5 Å². The van der Waals surface area contributed by atoms with Crippen molar-refractivity contribution in [2.24, 2.45) is 0 Å². The largest absolute Gasteiger partial charge is 0.461 e. The first kappa shape index (κ1) is 34.3. The number of likely N-dealkylation sites (N-methyl/N-ethyl adjacent to an activating group) is 1. The molecule has 0 bridgehead atoms. The number of nitrogens with zero attached hydrogens (tertiary/aromatic N) is 8. The summed E-state index contributed by atoms with van der Waals surface area (Å²) in [6.07, 6.45) is 4.59. The molecule has 0 saturated carbocycles. The van der Waals surface area contributed by atoms with Gasteiger partial charge in [-0.1, -0.05) is 47.1 Å². The molecular formula is C37H36ClF3N8O3. The summed E-state index contributed by atoms with van der Waals surface area (Å²) in [4.78, 5) is 36.7. The number of hydrogen-bond donors (Lipinski definition) is 0. The van der Waals surface area contributed by atoms with Gasteiger partial charge in [-0.05, 0) is 44.2 Å². The van der Waals surface area contributed by atoms with Gasteiger partial charge in [-0.25, -0.2) is 13.2 Å². The number of carbonyl (C=O) groups is 1. The fourth-order valence-electron chi connectivity index (χ4n) is 7.84. The normalized spacial score (nSPS) is 22.5. The summed E-state index contributed by atoms with van der Waals surface area (Å²) >= 11 is 6.61. The van der Waals surface area contributed by atoms with Gasteiger partial charge in [-0.15, -0.1) is 0 Å². The average Bonchev–Trinajstić information content (AvgIpc) is 3.94. The van der Waals surface area contributed by atoms with Crippen LogP contribution in [0.5, 0.6) is 6.01 Å². The monoisotopic (exact) mass is 732 g/mol. The first-order chi connectivity index (χ1) is 25.1. The Balaban J connectivity index is 1.12. The van der Waals surface area contributed by atoms with Gasteiger partial charge in [0.15, 0.2) is 12.0 Å². The number of rotatable bonds is 9. The van der Waals surface area contributed by atoms with Crippen LogP contribution in [0.1, 0.15) is 50.5 Å². The molecule has 270 valence electrons.